The van der Waals surface area contributed by atoms with E-state index in [1.807, 2.05) is 18.2 Å². The van der Waals surface area contributed by atoms with Crippen LogP contribution in [0, 0.1) is 20.8 Å². The number of aryl methyl sites for hydroxylation is 3. The normalized spacial score (nSPS) is 11.8. The number of benzene rings is 3. The van der Waals surface area contributed by atoms with Gasteiger partial charge >= 0.3 is 0 Å². The third-order valence-electron chi connectivity index (χ3n) is 4.63. The van der Waals surface area contributed by atoms with Crippen LogP contribution in [-0.4, -0.2) is 11.7 Å². The van der Waals surface area contributed by atoms with Gasteiger partial charge in [0.05, 0.1) is 11.8 Å². The fourth-order valence-electron chi connectivity index (χ4n) is 3.38. The van der Waals surface area contributed by atoms with E-state index in [0.717, 1.165) is 16.9 Å². The van der Waals surface area contributed by atoms with Gasteiger partial charge in [-0.2, -0.15) is 0 Å². The van der Waals surface area contributed by atoms with E-state index in [0.29, 0.717) is 5.75 Å². The number of nitrogens with one attached hydrogen (secondary N) is 1. The zero-order valence-electron chi connectivity index (χ0n) is 16.7. The van der Waals surface area contributed by atoms with Crippen LogP contribution in [0.1, 0.15) is 39.4 Å². The molecule has 0 saturated carbocycles. The van der Waals surface area contributed by atoms with Crippen molar-refractivity contribution < 1.29 is 4.79 Å². The molecule has 1 unspecified atom stereocenters. The van der Waals surface area contributed by atoms with E-state index in [2.05, 4.69) is 80.7 Å². The van der Waals surface area contributed by atoms with E-state index >= 15 is 0 Å². The van der Waals surface area contributed by atoms with Crippen LogP contribution in [-0.2, 0) is 10.5 Å². The van der Waals surface area contributed by atoms with Crippen LogP contribution >= 0.6 is 11.8 Å². The molecule has 3 rings (SSSR count). The summed E-state index contributed by atoms with van der Waals surface area (Å²) >= 11 is 1.65. The molecule has 0 aromatic heterocycles. The Bertz CT molecular complexity index is 899. The number of rotatable bonds is 7. The lowest BCUT2D eigenvalue weighted by atomic mass is 9.98. The maximum atomic E-state index is 12.7. The lowest BCUT2D eigenvalue weighted by Crippen LogP contribution is -2.30. The van der Waals surface area contributed by atoms with Crippen molar-refractivity contribution in [3.63, 3.8) is 0 Å². The highest BCUT2D eigenvalue weighted by Crippen LogP contribution is 2.23. The van der Waals surface area contributed by atoms with Crippen molar-refractivity contribution in [3.8, 4) is 0 Å². The van der Waals surface area contributed by atoms with Gasteiger partial charge in [-0.1, -0.05) is 89.5 Å². The minimum Gasteiger partial charge on any atom is -0.344 e. The van der Waals surface area contributed by atoms with Crippen LogP contribution in [0.5, 0.6) is 0 Å². The van der Waals surface area contributed by atoms with E-state index in [9.17, 15) is 4.79 Å². The Balaban J connectivity index is 1.65. The van der Waals surface area contributed by atoms with Crippen LogP contribution < -0.4 is 5.32 Å². The first kappa shape index (κ1) is 20.2. The van der Waals surface area contributed by atoms with Gasteiger partial charge in [-0.05, 0) is 37.5 Å². The van der Waals surface area contributed by atoms with Gasteiger partial charge in [-0.15, -0.1) is 11.8 Å². The Morgan fingerprint density at radius 3 is 2.07 bits per heavy atom. The zero-order chi connectivity index (χ0) is 19.9. The van der Waals surface area contributed by atoms with Crippen LogP contribution in [0.2, 0.25) is 0 Å². The predicted octanol–water partition coefficient (Wildman–Crippen LogP) is 5.75. The van der Waals surface area contributed by atoms with Crippen molar-refractivity contribution in [1.82, 2.24) is 5.32 Å². The Morgan fingerprint density at radius 2 is 1.43 bits per heavy atom. The molecule has 0 bridgehead atoms. The highest BCUT2D eigenvalue weighted by Gasteiger charge is 2.16. The summed E-state index contributed by atoms with van der Waals surface area (Å²) in [6.07, 6.45) is 0. The second kappa shape index (κ2) is 9.61. The third kappa shape index (κ3) is 5.74. The second-order valence-electron chi connectivity index (χ2n) is 7.31. The number of hydrogen-bond donors (Lipinski definition) is 1. The van der Waals surface area contributed by atoms with Crippen molar-refractivity contribution >= 4 is 17.7 Å². The number of thioether (sulfide) groups is 1. The molecule has 3 aromatic rings. The summed E-state index contributed by atoms with van der Waals surface area (Å²) in [4.78, 5) is 12.7. The maximum Gasteiger partial charge on any atom is 0.230 e. The second-order valence-corrected chi connectivity index (χ2v) is 8.30. The van der Waals surface area contributed by atoms with E-state index in [4.69, 9.17) is 0 Å². The highest BCUT2D eigenvalue weighted by atomic mass is 32.2. The van der Waals surface area contributed by atoms with Gasteiger partial charge in [0, 0.05) is 5.75 Å². The molecule has 3 aromatic carbocycles. The molecule has 0 spiro atoms. The molecule has 0 heterocycles. The number of hydrogen-bond acceptors (Lipinski definition) is 2. The average Bonchev–Trinajstić information content (AvgIpc) is 2.67. The SMILES string of the molecule is Cc1ccc(C(NC(=O)CSCc2cc(C)cc(C)c2)c2ccccc2)cc1. The van der Waals surface area contributed by atoms with Crippen molar-refractivity contribution in [2.45, 2.75) is 32.6 Å². The topological polar surface area (TPSA) is 29.1 Å². The van der Waals surface area contributed by atoms with Crippen LogP contribution in [0.15, 0.2) is 72.8 Å². The molecule has 1 N–H and O–H groups in total. The largest absolute Gasteiger partial charge is 0.344 e. The fraction of sp³-hybridized carbons (Fsp3) is 0.240. The summed E-state index contributed by atoms with van der Waals surface area (Å²) in [5.41, 5.74) is 7.22. The Kier molecular flexibility index (Phi) is 6.94. The minimum atomic E-state index is -0.129. The molecule has 28 heavy (non-hydrogen) atoms. The monoisotopic (exact) mass is 389 g/mol. The quantitative estimate of drug-likeness (QED) is 0.557. The van der Waals surface area contributed by atoms with Crippen molar-refractivity contribution in [1.29, 1.82) is 0 Å². The molecule has 0 aliphatic carbocycles. The van der Waals surface area contributed by atoms with Crippen molar-refractivity contribution in [2.75, 3.05) is 5.75 Å². The van der Waals surface area contributed by atoms with Crippen LogP contribution in [0.4, 0.5) is 0 Å². The molecule has 0 aliphatic heterocycles. The Labute approximate surface area is 172 Å². The molecule has 0 radical (unpaired) electrons. The van der Waals surface area contributed by atoms with Gasteiger partial charge in [0.15, 0.2) is 0 Å². The smallest absolute Gasteiger partial charge is 0.230 e. The molecule has 0 aliphatic rings. The standard InChI is InChI=1S/C25H27NOS/c1-18-9-11-23(12-10-18)25(22-7-5-4-6-8-22)26-24(27)17-28-16-21-14-19(2)13-20(3)15-21/h4-15,25H,16-17H2,1-3H3,(H,26,27). The summed E-state index contributed by atoms with van der Waals surface area (Å²) in [7, 11) is 0. The molecule has 2 nitrogen and oxygen atoms in total. The summed E-state index contributed by atoms with van der Waals surface area (Å²) < 4.78 is 0. The van der Waals surface area contributed by atoms with E-state index in [1.54, 1.807) is 11.8 Å². The average molecular weight is 390 g/mol. The van der Waals surface area contributed by atoms with Gasteiger partial charge in [0.1, 0.15) is 0 Å². The maximum absolute atomic E-state index is 12.7. The summed E-state index contributed by atoms with van der Waals surface area (Å²) in [6, 6.07) is 24.9. The molecule has 1 amide bonds. The predicted molar refractivity (Wildman–Crippen MR) is 120 cm³/mol. The lowest BCUT2D eigenvalue weighted by Gasteiger charge is -2.20. The Morgan fingerprint density at radius 1 is 0.821 bits per heavy atom. The number of carbonyl (C=O) groups excluding carboxylic acids is 1. The number of amides is 1. The van der Waals surface area contributed by atoms with Gasteiger partial charge in [-0.3, -0.25) is 4.79 Å². The molecule has 1 atom stereocenters. The Hall–Kier alpha value is -2.52. The molecule has 144 valence electrons. The third-order valence-corrected chi connectivity index (χ3v) is 5.64. The van der Waals surface area contributed by atoms with Gasteiger partial charge in [0.25, 0.3) is 0 Å². The first-order valence-corrected chi connectivity index (χ1v) is 10.7. The van der Waals surface area contributed by atoms with E-state index in [1.165, 1.54) is 22.3 Å². The molecule has 3 heteroatoms. The molecular weight excluding hydrogens is 362 g/mol. The molecule has 0 saturated heterocycles. The summed E-state index contributed by atoms with van der Waals surface area (Å²) in [5, 5.41) is 3.22. The fourth-order valence-corrected chi connectivity index (χ4v) is 4.15. The van der Waals surface area contributed by atoms with Crippen LogP contribution in [0.25, 0.3) is 0 Å². The van der Waals surface area contributed by atoms with Crippen molar-refractivity contribution in [3.05, 3.63) is 106 Å². The summed E-state index contributed by atoms with van der Waals surface area (Å²) in [5.74, 6) is 1.35. The zero-order valence-corrected chi connectivity index (χ0v) is 17.6. The molecular formula is C25H27NOS. The van der Waals surface area contributed by atoms with Gasteiger partial charge in [-0.25, -0.2) is 0 Å². The van der Waals surface area contributed by atoms with Gasteiger partial charge in [0.2, 0.25) is 5.91 Å². The molecule has 0 fully saturated rings. The van der Waals surface area contributed by atoms with E-state index < -0.39 is 0 Å². The van der Waals surface area contributed by atoms with Crippen molar-refractivity contribution in [2.24, 2.45) is 0 Å². The number of carbonyl (C=O) groups is 1. The van der Waals surface area contributed by atoms with E-state index in [-0.39, 0.29) is 11.9 Å². The summed E-state index contributed by atoms with van der Waals surface area (Å²) in [6.45, 7) is 6.29. The van der Waals surface area contributed by atoms with Gasteiger partial charge < -0.3 is 5.32 Å². The first-order valence-electron chi connectivity index (χ1n) is 9.57. The lowest BCUT2D eigenvalue weighted by molar-refractivity contribution is -0.119. The first-order chi connectivity index (χ1) is 13.5. The van der Waals surface area contributed by atoms with Crippen LogP contribution in [0.3, 0.4) is 0 Å². The highest BCUT2D eigenvalue weighted by molar-refractivity contribution is 7.99. The minimum absolute atomic E-state index is 0.0591.